The molecule has 1 rings (SSSR count). The van der Waals surface area contributed by atoms with Crippen LogP contribution in [0, 0.1) is 0 Å². The second-order valence-electron chi connectivity index (χ2n) is 2.47. The van der Waals surface area contributed by atoms with Crippen molar-refractivity contribution in [1.82, 2.24) is 5.32 Å². The standard InChI is InChI=1S/C8H12NO/c10-7-6-9-8-4-2-1-3-5-8/h4,9H,1-3,5-6H2. The Kier molecular flexibility index (Phi) is 3.00. The van der Waals surface area contributed by atoms with Crippen LogP contribution in [0.3, 0.4) is 0 Å². The summed E-state index contributed by atoms with van der Waals surface area (Å²) in [4.78, 5) is 9.83. The maximum Gasteiger partial charge on any atom is 0.219 e. The van der Waals surface area contributed by atoms with Crippen LogP contribution in [-0.4, -0.2) is 12.8 Å². The van der Waals surface area contributed by atoms with Crippen LogP contribution >= 0.6 is 0 Å². The SMILES string of the molecule is O=[C]CNC1=CCCCC1. The largest absolute Gasteiger partial charge is 0.381 e. The van der Waals surface area contributed by atoms with Crippen molar-refractivity contribution in [2.75, 3.05) is 6.54 Å². The Balaban J connectivity index is 2.24. The molecular weight excluding hydrogens is 126 g/mol. The van der Waals surface area contributed by atoms with Crippen molar-refractivity contribution in [3.63, 3.8) is 0 Å². The minimum atomic E-state index is 0.339. The molecule has 0 fully saturated rings. The molecule has 0 amide bonds. The molecule has 1 radical (unpaired) electrons. The summed E-state index contributed by atoms with van der Waals surface area (Å²) in [5.41, 5.74) is 1.22. The lowest BCUT2D eigenvalue weighted by atomic mass is 10.1. The van der Waals surface area contributed by atoms with Crippen LogP contribution in [0.2, 0.25) is 0 Å². The molecule has 1 aliphatic rings. The normalized spacial score (nSPS) is 17.8. The second-order valence-corrected chi connectivity index (χ2v) is 2.47. The molecule has 0 heterocycles. The summed E-state index contributed by atoms with van der Waals surface area (Å²) in [5.74, 6) is 0. The monoisotopic (exact) mass is 138 g/mol. The van der Waals surface area contributed by atoms with E-state index in [2.05, 4.69) is 11.4 Å². The van der Waals surface area contributed by atoms with Gasteiger partial charge < -0.3 is 5.32 Å². The summed E-state index contributed by atoms with van der Waals surface area (Å²) in [6.45, 7) is 0.339. The molecule has 1 aliphatic carbocycles. The summed E-state index contributed by atoms with van der Waals surface area (Å²) in [7, 11) is 0. The highest BCUT2D eigenvalue weighted by Crippen LogP contribution is 2.14. The highest BCUT2D eigenvalue weighted by molar-refractivity contribution is 5.53. The second kappa shape index (κ2) is 4.09. The van der Waals surface area contributed by atoms with Gasteiger partial charge in [-0.2, -0.15) is 0 Å². The van der Waals surface area contributed by atoms with Gasteiger partial charge in [-0.15, -0.1) is 0 Å². The number of carbonyl (C=O) groups excluding carboxylic acids is 1. The Morgan fingerprint density at radius 1 is 1.60 bits per heavy atom. The van der Waals surface area contributed by atoms with E-state index in [0.717, 1.165) is 12.8 Å². The van der Waals surface area contributed by atoms with Gasteiger partial charge in [-0.1, -0.05) is 6.08 Å². The van der Waals surface area contributed by atoms with E-state index in [9.17, 15) is 4.79 Å². The van der Waals surface area contributed by atoms with Crippen molar-refractivity contribution in [1.29, 1.82) is 0 Å². The van der Waals surface area contributed by atoms with Crippen molar-refractivity contribution < 1.29 is 4.79 Å². The Morgan fingerprint density at radius 3 is 3.10 bits per heavy atom. The minimum absolute atomic E-state index is 0.339. The average Bonchev–Trinajstić information content (AvgIpc) is 2.03. The zero-order valence-corrected chi connectivity index (χ0v) is 6.02. The van der Waals surface area contributed by atoms with Crippen molar-refractivity contribution in [2.24, 2.45) is 0 Å². The van der Waals surface area contributed by atoms with E-state index in [-0.39, 0.29) is 0 Å². The summed E-state index contributed by atoms with van der Waals surface area (Å²) >= 11 is 0. The van der Waals surface area contributed by atoms with Gasteiger partial charge in [-0.05, 0) is 25.7 Å². The van der Waals surface area contributed by atoms with E-state index in [1.54, 1.807) is 0 Å². The van der Waals surface area contributed by atoms with Gasteiger partial charge in [0, 0.05) is 5.70 Å². The molecule has 0 unspecified atom stereocenters. The van der Waals surface area contributed by atoms with Crippen molar-refractivity contribution in [3.05, 3.63) is 11.8 Å². The van der Waals surface area contributed by atoms with Crippen LogP contribution in [-0.2, 0) is 4.79 Å². The predicted octanol–water partition coefficient (Wildman–Crippen LogP) is 1.14. The first kappa shape index (κ1) is 7.32. The Labute approximate surface area is 61.3 Å². The summed E-state index contributed by atoms with van der Waals surface area (Å²) < 4.78 is 0. The quantitative estimate of drug-likeness (QED) is 0.633. The Bertz CT molecular complexity index is 140. The van der Waals surface area contributed by atoms with Crippen LogP contribution in [0.4, 0.5) is 0 Å². The number of nitrogens with one attached hydrogen (secondary N) is 1. The summed E-state index contributed by atoms with van der Waals surface area (Å²) in [6, 6.07) is 0. The smallest absolute Gasteiger partial charge is 0.219 e. The molecule has 0 atom stereocenters. The van der Waals surface area contributed by atoms with Crippen molar-refractivity contribution in [3.8, 4) is 0 Å². The topological polar surface area (TPSA) is 29.1 Å². The van der Waals surface area contributed by atoms with E-state index in [1.807, 2.05) is 6.29 Å². The minimum Gasteiger partial charge on any atom is -0.381 e. The van der Waals surface area contributed by atoms with Gasteiger partial charge >= 0.3 is 0 Å². The van der Waals surface area contributed by atoms with Crippen LogP contribution in [0.25, 0.3) is 0 Å². The molecule has 2 heteroatoms. The Hall–Kier alpha value is -0.790. The molecule has 0 saturated heterocycles. The van der Waals surface area contributed by atoms with Gasteiger partial charge in [-0.3, -0.25) is 4.79 Å². The number of hydrogen-bond acceptors (Lipinski definition) is 2. The highest BCUT2D eigenvalue weighted by Gasteiger charge is 2.00. The first-order valence-corrected chi connectivity index (χ1v) is 3.71. The maximum atomic E-state index is 9.83. The van der Waals surface area contributed by atoms with Gasteiger partial charge in [0.2, 0.25) is 6.29 Å². The molecule has 2 nitrogen and oxygen atoms in total. The third-order valence-corrected chi connectivity index (χ3v) is 1.68. The van der Waals surface area contributed by atoms with E-state index >= 15 is 0 Å². The number of hydrogen-bond donors (Lipinski definition) is 1. The fourth-order valence-corrected chi connectivity index (χ4v) is 1.15. The van der Waals surface area contributed by atoms with Crippen molar-refractivity contribution >= 4 is 6.29 Å². The summed E-state index contributed by atoms with van der Waals surface area (Å²) in [5, 5.41) is 3.01. The molecule has 10 heavy (non-hydrogen) atoms. The lowest BCUT2D eigenvalue weighted by Gasteiger charge is -2.12. The van der Waals surface area contributed by atoms with Gasteiger partial charge in [0.05, 0.1) is 6.54 Å². The van der Waals surface area contributed by atoms with Crippen LogP contribution < -0.4 is 5.32 Å². The average molecular weight is 138 g/mol. The lowest BCUT2D eigenvalue weighted by molar-refractivity contribution is 0.549. The molecular formula is C8H12NO. The third kappa shape index (κ3) is 2.21. The fraction of sp³-hybridized carbons (Fsp3) is 0.625. The predicted molar refractivity (Wildman–Crippen MR) is 40.2 cm³/mol. The molecule has 0 saturated carbocycles. The number of rotatable bonds is 3. The van der Waals surface area contributed by atoms with Gasteiger partial charge in [0.1, 0.15) is 0 Å². The molecule has 0 aromatic carbocycles. The zero-order valence-electron chi connectivity index (χ0n) is 6.02. The molecule has 0 spiro atoms. The van der Waals surface area contributed by atoms with E-state index in [0.29, 0.717) is 6.54 Å². The maximum absolute atomic E-state index is 9.83. The van der Waals surface area contributed by atoms with Gasteiger partial charge in [0.15, 0.2) is 0 Å². The molecule has 1 N–H and O–H groups in total. The highest BCUT2D eigenvalue weighted by atomic mass is 16.1. The van der Waals surface area contributed by atoms with Crippen molar-refractivity contribution in [2.45, 2.75) is 25.7 Å². The first-order valence-electron chi connectivity index (χ1n) is 3.71. The molecule has 0 aliphatic heterocycles. The van der Waals surface area contributed by atoms with Gasteiger partial charge in [0.25, 0.3) is 0 Å². The van der Waals surface area contributed by atoms with Gasteiger partial charge in [-0.25, -0.2) is 0 Å². The molecule has 0 bridgehead atoms. The third-order valence-electron chi connectivity index (χ3n) is 1.68. The first-order chi connectivity index (χ1) is 4.93. The van der Waals surface area contributed by atoms with E-state index in [4.69, 9.17) is 0 Å². The van der Waals surface area contributed by atoms with E-state index < -0.39 is 0 Å². The van der Waals surface area contributed by atoms with E-state index in [1.165, 1.54) is 18.5 Å². The zero-order chi connectivity index (χ0) is 7.23. The Morgan fingerprint density at radius 2 is 2.50 bits per heavy atom. The molecule has 55 valence electrons. The molecule has 0 aromatic rings. The molecule has 0 aromatic heterocycles. The lowest BCUT2D eigenvalue weighted by Crippen LogP contribution is -2.16. The van der Waals surface area contributed by atoms with Crippen LogP contribution in [0.5, 0.6) is 0 Å². The van der Waals surface area contributed by atoms with Crippen LogP contribution in [0.15, 0.2) is 11.8 Å². The summed E-state index contributed by atoms with van der Waals surface area (Å²) in [6.07, 6.45) is 8.77. The van der Waals surface area contributed by atoms with Crippen LogP contribution in [0.1, 0.15) is 25.7 Å². The number of allylic oxidation sites excluding steroid dienone is 2. The fourth-order valence-electron chi connectivity index (χ4n) is 1.15.